The highest BCUT2D eigenvalue weighted by molar-refractivity contribution is 7.93. The molecule has 0 bridgehead atoms. The Morgan fingerprint density at radius 3 is 2.42 bits per heavy atom. The Kier molecular flexibility index (Phi) is 4.33. The average Bonchev–Trinajstić information content (AvgIpc) is 2.99. The molecular weight excluding hydrogens is 368 g/mol. The van der Waals surface area contributed by atoms with Gasteiger partial charge in [-0.2, -0.15) is 0 Å². The zero-order valence-corrected chi connectivity index (χ0v) is 15.1. The fourth-order valence-corrected chi connectivity index (χ4v) is 5.46. The highest BCUT2D eigenvalue weighted by Gasteiger charge is 2.18. The molecule has 3 rings (SSSR count). The smallest absolute Gasteiger partial charge is 0.261 e. The molecule has 9 heteroatoms. The number of hydrogen-bond donors (Lipinski definition) is 1. The maximum Gasteiger partial charge on any atom is 0.261 e. The Morgan fingerprint density at radius 2 is 1.75 bits per heavy atom. The van der Waals surface area contributed by atoms with E-state index in [0.717, 1.165) is 11.3 Å². The second kappa shape index (κ2) is 6.15. The van der Waals surface area contributed by atoms with Gasteiger partial charge in [-0.05, 0) is 30.3 Å². The minimum absolute atomic E-state index is 0.0275. The number of anilines is 1. The molecule has 126 valence electrons. The number of fused-ring (bicyclic) bond motifs is 1. The van der Waals surface area contributed by atoms with Crippen molar-refractivity contribution >= 4 is 47.1 Å². The summed E-state index contributed by atoms with van der Waals surface area (Å²) in [5.74, 6) is -0.0275. The van der Waals surface area contributed by atoms with Crippen molar-refractivity contribution in [1.82, 2.24) is 4.98 Å². The van der Waals surface area contributed by atoms with Crippen LogP contribution in [-0.4, -0.2) is 27.6 Å². The van der Waals surface area contributed by atoms with E-state index >= 15 is 0 Å². The molecule has 0 saturated heterocycles. The first kappa shape index (κ1) is 16.9. The van der Waals surface area contributed by atoms with E-state index in [-0.39, 0.29) is 15.0 Å². The molecule has 0 aliphatic carbocycles. The van der Waals surface area contributed by atoms with Crippen LogP contribution in [0.3, 0.4) is 0 Å². The standard InChI is InChI=1S/C15H14N2O4S3/c1-2-23(18,19)15-16-13-9-8-11(10-14(13)22-15)17-24(20,21)12-6-4-3-5-7-12/h3-10,17H,2H2,1H3. The lowest BCUT2D eigenvalue weighted by Gasteiger charge is -2.07. The van der Waals surface area contributed by atoms with E-state index in [4.69, 9.17) is 0 Å². The fourth-order valence-electron chi connectivity index (χ4n) is 2.04. The predicted octanol–water partition coefficient (Wildman–Crippen LogP) is 2.89. The third kappa shape index (κ3) is 3.28. The van der Waals surface area contributed by atoms with Crippen molar-refractivity contribution in [1.29, 1.82) is 0 Å². The van der Waals surface area contributed by atoms with Gasteiger partial charge in [0.2, 0.25) is 14.2 Å². The summed E-state index contributed by atoms with van der Waals surface area (Å²) in [5, 5.41) is 0. The van der Waals surface area contributed by atoms with Crippen LogP contribution in [-0.2, 0) is 19.9 Å². The van der Waals surface area contributed by atoms with Crippen LogP contribution < -0.4 is 4.72 Å². The van der Waals surface area contributed by atoms with Gasteiger partial charge < -0.3 is 0 Å². The number of aromatic nitrogens is 1. The summed E-state index contributed by atoms with van der Waals surface area (Å²) in [6.45, 7) is 1.56. The van der Waals surface area contributed by atoms with Crippen LogP contribution in [0.15, 0.2) is 57.8 Å². The molecule has 0 aliphatic heterocycles. The molecule has 24 heavy (non-hydrogen) atoms. The van der Waals surface area contributed by atoms with Crippen LogP contribution in [0.4, 0.5) is 5.69 Å². The van der Waals surface area contributed by atoms with Crippen LogP contribution in [0.25, 0.3) is 10.2 Å². The Labute approximate surface area is 144 Å². The lowest BCUT2D eigenvalue weighted by atomic mass is 10.3. The van der Waals surface area contributed by atoms with Gasteiger partial charge in [-0.3, -0.25) is 4.72 Å². The van der Waals surface area contributed by atoms with Crippen molar-refractivity contribution in [2.45, 2.75) is 16.2 Å². The molecule has 6 nitrogen and oxygen atoms in total. The van der Waals surface area contributed by atoms with Crippen molar-refractivity contribution in [3.63, 3.8) is 0 Å². The van der Waals surface area contributed by atoms with Gasteiger partial charge in [-0.1, -0.05) is 25.1 Å². The molecule has 3 aromatic rings. The molecule has 0 spiro atoms. The minimum atomic E-state index is -3.69. The van der Waals surface area contributed by atoms with Crippen molar-refractivity contribution in [2.75, 3.05) is 10.5 Å². The first-order chi connectivity index (χ1) is 11.3. The second-order valence-electron chi connectivity index (χ2n) is 4.98. The maximum atomic E-state index is 12.3. The number of sulfone groups is 1. The first-order valence-corrected chi connectivity index (χ1v) is 11.0. The summed E-state index contributed by atoms with van der Waals surface area (Å²) in [5.41, 5.74) is 0.880. The third-order valence-corrected chi connectivity index (χ3v) is 7.93. The van der Waals surface area contributed by atoms with E-state index in [1.54, 1.807) is 43.3 Å². The van der Waals surface area contributed by atoms with Gasteiger partial charge in [-0.15, -0.1) is 11.3 Å². The van der Waals surface area contributed by atoms with Gasteiger partial charge in [0.25, 0.3) is 10.0 Å². The predicted molar refractivity (Wildman–Crippen MR) is 94.6 cm³/mol. The van der Waals surface area contributed by atoms with Crippen LogP contribution >= 0.6 is 11.3 Å². The van der Waals surface area contributed by atoms with Crippen molar-refractivity contribution in [2.24, 2.45) is 0 Å². The molecule has 0 radical (unpaired) electrons. The topological polar surface area (TPSA) is 93.2 Å². The Bertz CT molecular complexity index is 1090. The zero-order chi connectivity index (χ0) is 17.4. The normalized spacial score (nSPS) is 12.4. The number of rotatable bonds is 5. The van der Waals surface area contributed by atoms with Crippen LogP contribution in [0.2, 0.25) is 0 Å². The van der Waals surface area contributed by atoms with E-state index in [1.807, 2.05) is 0 Å². The van der Waals surface area contributed by atoms with E-state index in [9.17, 15) is 16.8 Å². The number of thiazole rings is 1. The lowest BCUT2D eigenvalue weighted by Crippen LogP contribution is -2.12. The summed E-state index contributed by atoms with van der Waals surface area (Å²) in [6.07, 6.45) is 0. The highest BCUT2D eigenvalue weighted by Crippen LogP contribution is 2.29. The zero-order valence-electron chi connectivity index (χ0n) is 12.6. The van der Waals surface area contributed by atoms with E-state index in [1.165, 1.54) is 12.1 Å². The summed E-state index contributed by atoms with van der Waals surface area (Å²) >= 11 is 1.03. The van der Waals surface area contributed by atoms with Crippen LogP contribution in [0.1, 0.15) is 6.92 Å². The van der Waals surface area contributed by atoms with Gasteiger partial charge >= 0.3 is 0 Å². The minimum Gasteiger partial charge on any atom is -0.280 e. The van der Waals surface area contributed by atoms with Gasteiger partial charge in [0.15, 0.2) is 0 Å². The molecule has 0 fully saturated rings. The van der Waals surface area contributed by atoms with Gasteiger partial charge in [0, 0.05) is 0 Å². The number of nitrogens with zero attached hydrogens (tertiary/aromatic N) is 1. The highest BCUT2D eigenvalue weighted by atomic mass is 32.2. The summed E-state index contributed by atoms with van der Waals surface area (Å²) in [4.78, 5) is 4.26. The number of hydrogen-bond acceptors (Lipinski definition) is 6. The number of benzene rings is 2. The molecule has 0 atom stereocenters. The molecule has 1 N–H and O–H groups in total. The quantitative estimate of drug-likeness (QED) is 0.732. The molecule has 0 amide bonds. The lowest BCUT2D eigenvalue weighted by molar-refractivity contribution is 0.596. The Balaban J connectivity index is 1.97. The summed E-state index contributed by atoms with van der Waals surface area (Å²) < 4.78 is 51.6. The van der Waals surface area contributed by atoms with Crippen LogP contribution in [0.5, 0.6) is 0 Å². The SMILES string of the molecule is CCS(=O)(=O)c1nc2ccc(NS(=O)(=O)c3ccccc3)cc2s1. The molecular formula is C15H14N2O4S3. The number of sulfonamides is 1. The molecule has 1 heterocycles. The van der Waals surface area contributed by atoms with E-state index in [0.29, 0.717) is 15.9 Å². The Morgan fingerprint density at radius 1 is 1.04 bits per heavy atom. The summed E-state index contributed by atoms with van der Waals surface area (Å²) in [7, 11) is -7.07. The van der Waals surface area contributed by atoms with Crippen molar-refractivity contribution in [3.8, 4) is 0 Å². The monoisotopic (exact) mass is 382 g/mol. The van der Waals surface area contributed by atoms with E-state index < -0.39 is 19.9 Å². The third-order valence-electron chi connectivity index (χ3n) is 3.32. The Hall–Kier alpha value is -1.97. The van der Waals surface area contributed by atoms with Gasteiger partial charge in [0.05, 0.1) is 26.6 Å². The second-order valence-corrected chi connectivity index (χ2v) is 10.1. The van der Waals surface area contributed by atoms with Gasteiger partial charge in [-0.25, -0.2) is 21.8 Å². The van der Waals surface area contributed by atoms with Crippen molar-refractivity contribution < 1.29 is 16.8 Å². The van der Waals surface area contributed by atoms with Gasteiger partial charge in [0.1, 0.15) is 0 Å². The number of nitrogens with one attached hydrogen (secondary N) is 1. The maximum absolute atomic E-state index is 12.3. The van der Waals surface area contributed by atoms with Crippen molar-refractivity contribution in [3.05, 3.63) is 48.5 Å². The molecule has 0 unspecified atom stereocenters. The molecule has 0 saturated carbocycles. The fraction of sp³-hybridized carbons (Fsp3) is 0.133. The largest absolute Gasteiger partial charge is 0.280 e. The molecule has 1 aromatic heterocycles. The van der Waals surface area contributed by atoms with E-state index in [2.05, 4.69) is 9.71 Å². The average molecular weight is 382 g/mol. The van der Waals surface area contributed by atoms with Crippen LogP contribution in [0, 0.1) is 0 Å². The first-order valence-electron chi connectivity index (χ1n) is 7.03. The molecule has 0 aliphatic rings. The molecule has 2 aromatic carbocycles. The summed E-state index contributed by atoms with van der Waals surface area (Å²) in [6, 6.07) is 12.8.